The Bertz CT molecular complexity index is 476. The molecule has 0 unspecified atom stereocenters. The summed E-state index contributed by atoms with van der Waals surface area (Å²) in [5.41, 5.74) is 4.39. The van der Waals surface area contributed by atoms with Gasteiger partial charge in [-0.05, 0) is 19.3 Å². The Hall–Kier alpha value is -1.59. The van der Waals surface area contributed by atoms with Gasteiger partial charge in [-0.3, -0.25) is 14.4 Å². The number of carbonyl (C=O) groups excluding carboxylic acids is 3. The van der Waals surface area contributed by atoms with Crippen molar-refractivity contribution in [3.63, 3.8) is 0 Å². The summed E-state index contributed by atoms with van der Waals surface area (Å²) in [5, 5.41) is 5.22. The molecule has 4 N–H and O–H groups in total. The van der Waals surface area contributed by atoms with Crippen LogP contribution >= 0.6 is 0 Å². The molecule has 1 aliphatic rings. The van der Waals surface area contributed by atoms with E-state index in [4.69, 9.17) is 5.73 Å². The molecule has 1 aliphatic carbocycles. The van der Waals surface area contributed by atoms with Crippen LogP contribution in [-0.2, 0) is 14.4 Å². The molecule has 0 aromatic heterocycles. The van der Waals surface area contributed by atoms with E-state index in [1.807, 2.05) is 0 Å². The lowest BCUT2D eigenvalue weighted by Gasteiger charge is -2.13. The van der Waals surface area contributed by atoms with Crippen LogP contribution in [0.15, 0.2) is 0 Å². The van der Waals surface area contributed by atoms with E-state index in [-0.39, 0.29) is 18.4 Å². The second-order valence-corrected chi connectivity index (χ2v) is 8.26. The SMILES string of the molecule is CCCCCCCCCCCCCCCC(=O)NCC(=O)NC1(C(N)=O)CC1. The predicted octanol–water partition coefficient (Wildman–Crippen LogP) is 3.72. The molecule has 162 valence electrons. The van der Waals surface area contributed by atoms with Crippen LogP contribution in [0.5, 0.6) is 0 Å². The number of amides is 3. The van der Waals surface area contributed by atoms with Crippen molar-refractivity contribution in [2.45, 2.75) is 115 Å². The first-order valence-electron chi connectivity index (χ1n) is 11.4. The van der Waals surface area contributed by atoms with Gasteiger partial charge in [0, 0.05) is 6.42 Å². The number of rotatable bonds is 18. The number of carbonyl (C=O) groups is 3. The Labute approximate surface area is 170 Å². The monoisotopic (exact) mass is 395 g/mol. The highest BCUT2D eigenvalue weighted by molar-refractivity contribution is 5.94. The van der Waals surface area contributed by atoms with Gasteiger partial charge in [0.1, 0.15) is 5.54 Å². The fraction of sp³-hybridized carbons (Fsp3) is 0.864. The summed E-state index contributed by atoms with van der Waals surface area (Å²) in [6, 6.07) is 0. The summed E-state index contributed by atoms with van der Waals surface area (Å²) in [6.07, 6.45) is 18.2. The highest BCUT2D eigenvalue weighted by Gasteiger charge is 2.49. The first-order valence-corrected chi connectivity index (χ1v) is 11.4. The highest BCUT2D eigenvalue weighted by atomic mass is 16.2. The standard InChI is InChI=1S/C22H41N3O3/c1-2-3-4-5-6-7-8-9-10-11-12-13-14-15-19(26)24-18-20(27)25-22(16-17-22)21(23)28/h2-18H2,1H3,(H2,23,28)(H,24,26)(H,25,27). The Morgan fingerprint density at radius 3 is 1.64 bits per heavy atom. The van der Waals surface area contributed by atoms with Crippen LogP contribution in [0.4, 0.5) is 0 Å². The number of nitrogens with two attached hydrogens (primary N) is 1. The van der Waals surface area contributed by atoms with Gasteiger partial charge in [-0.2, -0.15) is 0 Å². The lowest BCUT2D eigenvalue weighted by atomic mass is 10.0. The zero-order valence-corrected chi connectivity index (χ0v) is 17.8. The van der Waals surface area contributed by atoms with Gasteiger partial charge in [-0.15, -0.1) is 0 Å². The van der Waals surface area contributed by atoms with Gasteiger partial charge in [0.15, 0.2) is 0 Å². The maximum atomic E-state index is 11.8. The van der Waals surface area contributed by atoms with Gasteiger partial charge in [0.05, 0.1) is 6.54 Å². The molecule has 6 nitrogen and oxygen atoms in total. The highest BCUT2D eigenvalue weighted by Crippen LogP contribution is 2.34. The molecule has 0 atom stereocenters. The molecule has 0 aromatic rings. The van der Waals surface area contributed by atoms with Crippen LogP contribution in [0.2, 0.25) is 0 Å². The molecule has 3 amide bonds. The van der Waals surface area contributed by atoms with Crippen LogP contribution in [-0.4, -0.2) is 29.8 Å². The van der Waals surface area contributed by atoms with E-state index in [0.717, 1.165) is 12.8 Å². The molecule has 0 bridgehead atoms. The molecule has 6 heteroatoms. The van der Waals surface area contributed by atoms with Crippen LogP contribution in [0.1, 0.15) is 110 Å². The minimum absolute atomic E-state index is 0.0910. The summed E-state index contributed by atoms with van der Waals surface area (Å²) >= 11 is 0. The van der Waals surface area contributed by atoms with Gasteiger partial charge < -0.3 is 16.4 Å². The molecule has 28 heavy (non-hydrogen) atoms. The van der Waals surface area contributed by atoms with Gasteiger partial charge in [-0.1, -0.05) is 84.0 Å². The summed E-state index contributed by atoms with van der Waals surface area (Å²) in [4.78, 5) is 34.8. The predicted molar refractivity (Wildman–Crippen MR) is 113 cm³/mol. The van der Waals surface area contributed by atoms with Gasteiger partial charge >= 0.3 is 0 Å². The lowest BCUT2D eigenvalue weighted by Crippen LogP contribution is -2.49. The Balaban J connectivity index is 1.85. The van der Waals surface area contributed by atoms with E-state index < -0.39 is 11.4 Å². The first kappa shape index (κ1) is 24.4. The molecular formula is C22H41N3O3. The quantitative estimate of drug-likeness (QED) is 0.308. The normalized spacial score (nSPS) is 14.5. The minimum Gasteiger partial charge on any atom is -0.368 e. The van der Waals surface area contributed by atoms with E-state index >= 15 is 0 Å². The molecule has 0 heterocycles. The van der Waals surface area contributed by atoms with E-state index in [1.165, 1.54) is 70.6 Å². The summed E-state index contributed by atoms with van der Waals surface area (Å²) in [7, 11) is 0. The summed E-state index contributed by atoms with van der Waals surface area (Å²) < 4.78 is 0. The Morgan fingerprint density at radius 1 is 0.750 bits per heavy atom. The van der Waals surface area contributed by atoms with Crippen molar-refractivity contribution in [3.8, 4) is 0 Å². The van der Waals surface area contributed by atoms with E-state index in [2.05, 4.69) is 17.6 Å². The number of unbranched alkanes of at least 4 members (excludes halogenated alkanes) is 12. The van der Waals surface area contributed by atoms with Crippen LogP contribution in [0, 0.1) is 0 Å². The maximum Gasteiger partial charge on any atom is 0.243 e. The number of hydrogen-bond donors (Lipinski definition) is 3. The van der Waals surface area contributed by atoms with Crippen molar-refractivity contribution in [1.82, 2.24) is 10.6 Å². The second kappa shape index (κ2) is 14.4. The topological polar surface area (TPSA) is 101 Å². The fourth-order valence-electron chi connectivity index (χ4n) is 3.44. The molecule has 0 spiro atoms. The largest absolute Gasteiger partial charge is 0.368 e. The number of primary amides is 1. The smallest absolute Gasteiger partial charge is 0.243 e. The van der Waals surface area contributed by atoms with Gasteiger partial charge in [0.25, 0.3) is 0 Å². The third kappa shape index (κ3) is 11.3. The average molecular weight is 396 g/mol. The Morgan fingerprint density at radius 2 is 1.21 bits per heavy atom. The molecule has 0 saturated heterocycles. The van der Waals surface area contributed by atoms with Crippen LogP contribution in [0.25, 0.3) is 0 Å². The molecular weight excluding hydrogens is 354 g/mol. The van der Waals surface area contributed by atoms with Crippen molar-refractivity contribution < 1.29 is 14.4 Å². The van der Waals surface area contributed by atoms with Crippen LogP contribution in [0.3, 0.4) is 0 Å². The van der Waals surface area contributed by atoms with E-state index in [1.54, 1.807) is 0 Å². The van der Waals surface area contributed by atoms with Crippen LogP contribution < -0.4 is 16.4 Å². The van der Waals surface area contributed by atoms with Crippen molar-refractivity contribution in [1.29, 1.82) is 0 Å². The number of hydrogen-bond acceptors (Lipinski definition) is 3. The Kier molecular flexibility index (Phi) is 12.6. The van der Waals surface area contributed by atoms with Crippen molar-refractivity contribution in [2.24, 2.45) is 5.73 Å². The third-order valence-corrected chi connectivity index (χ3v) is 5.55. The van der Waals surface area contributed by atoms with E-state index in [9.17, 15) is 14.4 Å². The summed E-state index contributed by atoms with van der Waals surface area (Å²) in [6.45, 7) is 2.16. The molecule has 1 saturated carbocycles. The maximum absolute atomic E-state index is 11.8. The minimum atomic E-state index is -0.864. The van der Waals surface area contributed by atoms with Crippen molar-refractivity contribution in [3.05, 3.63) is 0 Å². The van der Waals surface area contributed by atoms with Crippen molar-refractivity contribution >= 4 is 17.7 Å². The van der Waals surface area contributed by atoms with Crippen molar-refractivity contribution in [2.75, 3.05) is 6.54 Å². The zero-order valence-electron chi connectivity index (χ0n) is 17.8. The van der Waals surface area contributed by atoms with E-state index in [0.29, 0.717) is 19.3 Å². The average Bonchev–Trinajstić information content (AvgIpc) is 3.44. The first-order chi connectivity index (χ1) is 13.5. The molecule has 1 rings (SSSR count). The summed E-state index contributed by atoms with van der Waals surface area (Å²) in [5.74, 6) is -0.962. The second-order valence-electron chi connectivity index (χ2n) is 8.26. The molecule has 0 aliphatic heterocycles. The lowest BCUT2D eigenvalue weighted by molar-refractivity contribution is -0.129. The third-order valence-electron chi connectivity index (χ3n) is 5.55. The molecule has 0 radical (unpaired) electrons. The fourth-order valence-corrected chi connectivity index (χ4v) is 3.44. The number of nitrogens with one attached hydrogen (secondary N) is 2. The zero-order chi connectivity index (χ0) is 20.7. The van der Waals surface area contributed by atoms with Gasteiger partial charge in [-0.25, -0.2) is 0 Å². The van der Waals surface area contributed by atoms with Gasteiger partial charge in [0.2, 0.25) is 17.7 Å². The molecule has 1 fully saturated rings. The molecule has 0 aromatic carbocycles.